The van der Waals surface area contributed by atoms with Crippen molar-refractivity contribution in [3.05, 3.63) is 53.7 Å². The number of carbonyl (C=O) groups is 1. The highest BCUT2D eigenvalue weighted by Crippen LogP contribution is 2.32. The van der Waals surface area contributed by atoms with Crippen LogP contribution in [-0.2, 0) is 11.3 Å². The summed E-state index contributed by atoms with van der Waals surface area (Å²) in [5, 5.41) is 8.79. The van der Waals surface area contributed by atoms with Crippen LogP contribution < -0.4 is 11.1 Å². The van der Waals surface area contributed by atoms with E-state index in [1.165, 1.54) is 12.1 Å². The number of benzene rings is 1. The molecule has 0 radical (unpaired) electrons. The van der Waals surface area contributed by atoms with Crippen LogP contribution in [0.2, 0.25) is 0 Å². The normalized spacial score (nSPS) is 16.9. The van der Waals surface area contributed by atoms with E-state index >= 15 is 0 Å². The Morgan fingerprint density at radius 3 is 2.74 bits per heavy atom. The Bertz CT molecular complexity index is 1440. The summed E-state index contributed by atoms with van der Waals surface area (Å²) in [7, 11) is 0. The Balaban J connectivity index is 1.23. The maximum Gasteiger partial charge on any atom is 0.225 e. The molecular formula is C26H28FN7O. The third kappa shape index (κ3) is 4.10. The minimum absolute atomic E-state index is 0.280. The fraction of sp³-hybridized carbons (Fsp3) is 0.385. The molecule has 0 atom stereocenters. The van der Waals surface area contributed by atoms with Crippen LogP contribution in [0.5, 0.6) is 0 Å². The molecule has 4 heterocycles. The molecule has 6 rings (SSSR count). The Morgan fingerprint density at radius 2 is 1.97 bits per heavy atom. The maximum absolute atomic E-state index is 13.8. The second-order valence-corrected chi connectivity index (χ2v) is 9.68. The van der Waals surface area contributed by atoms with Gasteiger partial charge >= 0.3 is 0 Å². The molecule has 1 aromatic carbocycles. The Labute approximate surface area is 202 Å². The monoisotopic (exact) mass is 473 g/mol. The van der Waals surface area contributed by atoms with Crippen LogP contribution in [0.15, 0.2) is 36.7 Å². The van der Waals surface area contributed by atoms with E-state index in [1.807, 2.05) is 17.9 Å². The van der Waals surface area contributed by atoms with Gasteiger partial charge in [0, 0.05) is 59.9 Å². The highest BCUT2D eigenvalue weighted by Gasteiger charge is 2.34. The van der Waals surface area contributed by atoms with Crippen molar-refractivity contribution in [3.8, 4) is 11.1 Å². The number of halogens is 1. The van der Waals surface area contributed by atoms with E-state index in [0.717, 1.165) is 72.1 Å². The van der Waals surface area contributed by atoms with Gasteiger partial charge in [0.15, 0.2) is 5.65 Å². The third-order valence-electron chi connectivity index (χ3n) is 7.28. The summed E-state index contributed by atoms with van der Waals surface area (Å²) in [6.45, 7) is 4.16. The minimum atomic E-state index is -0.301. The number of hydrogen-bond donors (Lipinski definition) is 2. The smallest absolute Gasteiger partial charge is 0.225 e. The molecule has 9 heteroatoms. The van der Waals surface area contributed by atoms with E-state index in [0.29, 0.717) is 30.0 Å². The average Bonchev–Trinajstić information content (AvgIpc) is 3.64. The summed E-state index contributed by atoms with van der Waals surface area (Å²) < 4.78 is 15.4. The second kappa shape index (κ2) is 8.57. The van der Waals surface area contributed by atoms with Gasteiger partial charge in [0.25, 0.3) is 0 Å². The first kappa shape index (κ1) is 21.9. The first-order chi connectivity index (χ1) is 17.0. The van der Waals surface area contributed by atoms with Gasteiger partial charge in [-0.05, 0) is 56.9 Å². The van der Waals surface area contributed by atoms with Crippen LogP contribution in [0.4, 0.5) is 10.2 Å². The molecule has 8 nitrogen and oxygen atoms in total. The lowest BCUT2D eigenvalue weighted by molar-refractivity contribution is -0.133. The van der Waals surface area contributed by atoms with E-state index in [2.05, 4.69) is 15.4 Å². The number of nitrogens with one attached hydrogen (secondary N) is 1. The lowest BCUT2D eigenvalue weighted by Gasteiger charge is -2.32. The molecule has 0 bridgehead atoms. The molecule has 35 heavy (non-hydrogen) atoms. The molecular weight excluding hydrogens is 445 g/mol. The highest BCUT2D eigenvalue weighted by atomic mass is 19.1. The molecule has 180 valence electrons. The molecule has 1 saturated heterocycles. The number of fused-ring (bicyclic) bond motifs is 2. The number of pyridine rings is 1. The average molecular weight is 474 g/mol. The Morgan fingerprint density at radius 1 is 1.17 bits per heavy atom. The number of nitrogens with two attached hydrogens (primary N) is 1. The molecule has 3 N–H and O–H groups in total. The topological polar surface area (TPSA) is 101 Å². The zero-order valence-electron chi connectivity index (χ0n) is 19.7. The lowest BCUT2D eigenvalue weighted by Crippen LogP contribution is -2.45. The number of carbonyl (C=O) groups excluding carboxylic acids is 1. The Kier molecular flexibility index (Phi) is 5.36. The van der Waals surface area contributed by atoms with E-state index in [4.69, 9.17) is 10.7 Å². The number of nitrogens with zero attached hydrogens (tertiary/aromatic N) is 5. The number of likely N-dealkylation sites (tertiary alicyclic amines) is 1. The molecule has 2 aliphatic rings. The summed E-state index contributed by atoms with van der Waals surface area (Å²) in [4.78, 5) is 23.7. The van der Waals surface area contributed by atoms with Gasteiger partial charge in [0.2, 0.25) is 5.91 Å². The second-order valence-electron chi connectivity index (χ2n) is 9.68. The zero-order valence-corrected chi connectivity index (χ0v) is 19.7. The van der Waals surface area contributed by atoms with Gasteiger partial charge in [-0.1, -0.05) is 0 Å². The summed E-state index contributed by atoms with van der Waals surface area (Å²) in [6, 6.07) is 6.78. The summed E-state index contributed by atoms with van der Waals surface area (Å²) in [5.41, 5.74) is 11.2. The van der Waals surface area contributed by atoms with Gasteiger partial charge in [-0.3, -0.25) is 9.78 Å². The lowest BCUT2D eigenvalue weighted by atomic mass is 10.0. The molecule has 0 spiro atoms. The molecule has 1 aliphatic heterocycles. The van der Waals surface area contributed by atoms with E-state index in [1.54, 1.807) is 23.0 Å². The van der Waals surface area contributed by atoms with Gasteiger partial charge in [0.05, 0.1) is 17.4 Å². The fourth-order valence-corrected chi connectivity index (χ4v) is 4.90. The summed E-state index contributed by atoms with van der Waals surface area (Å²) in [6.07, 6.45) is 7.45. The minimum Gasteiger partial charge on any atom is -0.383 e. The summed E-state index contributed by atoms with van der Waals surface area (Å²) in [5.74, 6) is 0.856. The number of hydrogen-bond acceptors (Lipinski definition) is 6. The van der Waals surface area contributed by atoms with Crippen molar-refractivity contribution in [1.29, 1.82) is 0 Å². The fourth-order valence-electron chi connectivity index (χ4n) is 4.90. The van der Waals surface area contributed by atoms with Gasteiger partial charge in [-0.15, -0.1) is 0 Å². The van der Waals surface area contributed by atoms with Gasteiger partial charge in [-0.25, -0.2) is 9.37 Å². The molecule has 4 aromatic rings. The van der Waals surface area contributed by atoms with Gasteiger partial charge in [-0.2, -0.15) is 9.61 Å². The molecule has 1 aliphatic carbocycles. The van der Waals surface area contributed by atoms with E-state index < -0.39 is 0 Å². The van der Waals surface area contributed by atoms with Crippen LogP contribution in [0, 0.1) is 18.7 Å². The van der Waals surface area contributed by atoms with Crippen molar-refractivity contribution in [2.24, 2.45) is 5.92 Å². The van der Waals surface area contributed by atoms with Crippen molar-refractivity contribution in [2.75, 3.05) is 18.8 Å². The van der Waals surface area contributed by atoms with Crippen molar-refractivity contribution in [3.63, 3.8) is 0 Å². The van der Waals surface area contributed by atoms with Crippen LogP contribution in [0.25, 0.3) is 27.7 Å². The quantitative estimate of drug-likeness (QED) is 0.460. The molecule has 0 unspecified atom stereocenters. The SMILES string of the molecule is Cc1c(CNC2CCN(C(=O)C3CC3)CC2)nc2c(-c3cnc4ccc(F)cc4c3)cnn2c1N. The standard InChI is InChI=1S/C26H28FN7O/c1-15-23(14-29-20-6-8-33(9-7-20)26(35)16-2-3-16)32-25-21(13-31-34(25)24(15)28)18-10-17-11-19(27)4-5-22(17)30-12-18/h4-5,10-13,16,20,29H,2-3,6-9,14,28H2,1H3. The first-order valence-electron chi connectivity index (χ1n) is 12.2. The van der Waals surface area contributed by atoms with Crippen LogP contribution in [0.3, 0.4) is 0 Å². The maximum atomic E-state index is 13.8. The van der Waals surface area contributed by atoms with E-state index in [9.17, 15) is 9.18 Å². The predicted molar refractivity (Wildman–Crippen MR) is 132 cm³/mol. The molecule has 1 saturated carbocycles. The van der Waals surface area contributed by atoms with Crippen molar-refractivity contribution >= 4 is 28.3 Å². The van der Waals surface area contributed by atoms with Crippen LogP contribution >= 0.6 is 0 Å². The highest BCUT2D eigenvalue weighted by molar-refractivity contribution is 5.87. The number of piperidine rings is 1. The number of aromatic nitrogens is 4. The number of rotatable bonds is 5. The number of nitrogen functional groups attached to an aromatic ring is 1. The molecule has 3 aromatic heterocycles. The van der Waals surface area contributed by atoms with Crippen LogP contribution in [-0.4, -0.2) is 49.5 Å². The third-order valence-corrected chi connectivity index (χ3v) is 7.28. The number of amides is 1. The van der Waals surface area contributed by atoms with Crippen molar-refractivity contribution in [1.82, 2.24) is 29.8 Å². The predicted octanol–water partition coefficient (Wildman–Crippen LogP) is 3.46. The van der Waals surface area contributed by atoms with E-state index in [-0.39, 0.29) is 11.7 Å². The molecule has 1 amide bonds. The van der Waals surface area contributed by atoms with Gasteiger partial charge in [0.1, 0.15) is 11.6 Å². The first-order valence-corrected chi connectivity index (χ1v) is 12.2. The van der Waals surface area contributed by atoms with Crippen molar-refractivity contribution in [2.45, 2.75) is 45.2 Å². The molecule has 2 fully saturated rings. The largest absolute Gasteiger partial charge is 0.383 e. The van der Waals surface area contributed by atoms with Gasteiger partial charge < -0.3 is 16.0 Å². The Hall–Kier alpha value is -3.59. The van der Waals surface area contributed by atoms with Crippen molar-refractivity contribution < 1.29 is 9.18 Å². The van der Waals surface area contributed by atoms with Crippen LogP contribution in [0.1, 0.15) is 36.9 Å². The summed E-state index contributed by atoms with van der Waals surface area (Å²) >= 11 is 0. The number of anilines is 1. The zero-order chi connectivity index (χ0) is 24.1.